The largest absolute Gasteiger partial charge is 0.507 e. The second kappa shape index (κ2) is 6.10. The number of hydrogen-bond acceptors (Lipinski definition) is 3. The molecule has 0 aliphatic heterocycles. The van der Waals surface area contributed by atoms with Crippen molar-refractivity contribution in [3.63, 3.8) is 0 Å². The molecule has 2 amide bonds. The van der Waals surface area contributed by atoms with Gasteiger partial charge in [-0.25, -0.2) is 0 Å². The maximum atomic E-state index is 11.6. The minimum absolute atomic E-state index is 0.0821. The molecular formula is C11H13ClN2O3. The van der Waals surface area contributed by atoms with Crippen LogP contribution in [0.2, 0.25) is 5.02 Å². The highest BCUT2D eigenvalue weighted by atomic mass is 35.5. The molecule has 17 heavy (non-hydrogen) atoms. The fourth-order valence-corrected chi connectivity index (χ4v) is 1.38. The van der Waals surface area contributed by atoms with Crippen LogP contribution in [0.25, 0.3) is 0 Å². The summed E-state index contributed by atoms with van der Waals surface area (Å²) < 4.78 is 0. The van der Waals surface area contributed by atoms with E-state index in [0.29, 0.717) is 11.6 Å². The number of phenols is 1. The summed E-state index contributed by atoms with van der Waals surface area (Å²) >= 11 is 5.63. The molecule has 0 aliphatic carbocycles. The van der Waals surface area contributed by atoms with Gasteiger partial charge in [0, 0.05) is 11.6 Å². The van der Waals surface area contributed by atoms with E-state index in [1.807, 2.05) is 0 Å². The maximum Gasteiger partial charge on any atom is 0.255 e. The number of nitrogens with one attached hydrogen (secondary N) is 2. The Morgan fingerprint density at radius 1 is 1.35 bits per heavy atom. The molecule has 1 aromatic carbocycles. The van der Waals surface area contributed by atoms with Gasteiger partial charge >= 0.3 is 0 Å². The first kappa shape index (κ1) is 13.3. The number of rotatable bonds is 4. The van der Waals surface area contributed by atoms with Gasteiger partial charge in [-0.15, -0.1) is 0 Å². The number of phenolic OH excluding ortho intramolecular Hbond substituents is 1. The van der Waals surface area contributed by atoms with Crippen molar-refractivity contribution in [3.05, 3.63) is 28.8 Å². The number of carbonyl (C=O) groups is 2. The SMILES string of the molecule is CCNC(=O)CNC(=O)c1ccc(Cl)cc1O. The van der Waals surface area contributed by atoms with E-state index >= 15 is 0 Å². The van der Waals surface area contributed by atoms with E-state index < -0.39 is 5.91 Å². The lowest BCUT2D eigenvalue weighted by molar-refractivity contribution is -0.120. The Hall–Kier alpha value is -1.75. The molecular weight excluding hydrogens is 244 g/mol. The number of hydrogen-bond donors (Lipinski definition) is 3. The summed E-state index contributed by atoms with van der Waals surface area (Å²) in [5.74, 6) is -1.02. The molecule has 92 valence electrons. The van der Waals surface area contributed by atoms with Crippen LogP contribution in [-0.2, 0) is 4.79 Å². The molecule has 0 bridgehead atoms. The Balaban J connectivity index is 2.61. The average Bonchev–Trinajstić information content (AvgIpc) is 2.26. The van der Waals surface area contributed by atoms with Crippen molar-refractivity contribution >= 4 is 23.4 Å². The second-order valence-corrected chi connectivity index (χ2v) is 3.73. The second-order valence-electron chi connectivity index (χ2n) is 3.30. The van der Waals surface area contributed by atoms with Gasteiger partial charge in [0.05, 0.1) is 12.1 Å². The van der Waals surface area contributed by atoms with Crippen LogP contribution >= 0.6 is 11.6 Å². The van der Waals surface area contributed by atoms with Crippen molar-refractivity contribution in [1.29, 1.82) is 0 Å². The quantitative estimate of drug-likeness (QED) is 0.749. The van der Waals surface area contributed by atoms with E-state index in [1.165, 1.54) is 18.2 Å². The van der Waals surface area contributed by atoms with Gasteiger partial charge in [-0.2, -0.15) is 0 Å². The van der Waals surface area contributed by atoms with E-state index in [-0.39, 0.29) is 23.8 Å². The maximum absolute atomic E-state index is 11.6. The number of likely N-dealkylation sites (N-methyl/N-ethyl adjacent to an activating group) is 1. The summed E-state index contributed by atoms with van der Waals surface area (Å²) in [5.41, 5.74) is 0.0821. The Kier molecular flexibility index (Phi) is 4.78. The average molecular weight is 257 g/mol. The van der Waals surface area contributed by atoms with E-state index in [4.69, 9.17) is 11.6 Å². The monoisotopic (exact) mass is 256 g/mol. The lowest BCUT2D eigenvalue weighted by Gasteiger charge is -2.06. The van der Waals surface area contributed by atoms with Crippen LogP contribution in [0.15, 0.2) is 18.2 Å². The topological polar surface area (TPSA) is 78.4 Å². The normalized spacial score (nSPS) is 9.76. The summed E-state index contributed by atoms with van der Waals surface area (Å²) in [5, 5.41) is 14.7. The van der Waals surface area contributed by atoms with Crippen molar-refractivity contribution in [1.82, 2.24) is 10.6 Å². The third-order valence-corrected chi connectivity index (χ3v) is 2.22. The minimum atomic E-state index is -0.523. The molecule has 0 heterocycles. The summed E-state index contributed by atoms with van der Waals surface area (Å²) in [6.45, 7) is 2.15. The molecule has 5 nitrogen and oxygen atoms in total. The molecule has 0 saturated heterocycles. The zero-order valence-electron chi connectivity index (χ0n) is 9.29. The number of carbonyl (C=O) groups excluding carboxylic acids is 2. The minimum Gasteiger partial charge on any atom is -0.507 e. The smallest absolute Gasteiger partial charge is 0.255 e. The highest BCUT2D eigenvalue weighted by molar-refractivity contribution is 6.30. The van der Waals surface area contributed by atoms with Crippen LogP contribution in [0.1, 0.15) is 17.3 Å². The van der Waals surface area contributed by atoms with Gasteiger partial charge in [-0.05, 0) is 25.1 Å². The molecule has 1 aromatic rings. The molecule has 0 fully saturated rings. The Bertz CT molecular complexity index is 435. The molecule has 0 unspecified atom stereocenters. The van der Waals surface area contributed by atoms with Crippen LogP contribution < -0.4 is 10.6 Å². The number of benzene rings is 1. The van der Waals surface area contributed by atoms with E-state index in [1.54, 1.807) is 6.92 Å². The number of amides is 2. The summed E-state index contributed by atoms with van der Waals surface area (Å²) in [7, 11) is 0. The zero-order chi connectivity index (χ0) is 12.8. The molecule has 3 N–H and O–H groups in total. The molecule has 0 aliphatic rings. The van der Waals surface area contributed by atoms with Crippen molar-refractivity contribution < 1.29 is 14.7 Å². The van der Waals surface area contributed by atoms with Crippen LogP contribution in [0.5, 0.6) is 5.75 Å². The fraction of sp³-hybridized carbons (Fsp3) is 0.273. The highest BCUT2D eigenvalue weighted by Gasteiger charge is 2.12. The standard InChI is InChI=1S/C11H13ClN2O3/c1-2-13-10(16)6-14-11(17)8-4-3-7(12)5-9(8)15/h3-5,15H,2,6H2,1H3,(H,13,16)(H,14,17). The van der Waals surface area contributed by atoms with Gasteiger partial charge in [-0.1, -0.05) is 11.6 Å². The van der Waals surface area contributed by atoms with Crippen LogP contribution in [0, 0.1) is 0 Å². The van der Waals surface area contributed by atoms with Crippen LogP contribution in [-0.4, -0.2) is 30.0 Å². The predicted molar refractivity (Wildman–Crippen MR) is 64.1 cm³/mol. The van der Waals surface area contributed by atoms with E-state index in [9.17, 15) is 14.7 Å². The van der Waals surface area contributed by atoms with Crippen molar-refractivity contribution in [2.45, 2.75) is 6.92 Å². The molecule has 0 aromatic heterocycles. The molecule has 0 saturated carbocycles. The van der Waals surface area contributed by atoms with Gasteiger partial charge in [-0.3, -0.25) is 9.59 Å². The lowest BCUT2D eigenvalue weighted by atomic mass is 10.2. The Morgan fingerprint density at radius 2 is 2.06 bits per heavy atom. The molecule has 0 radical (unpaired) electrons. The third-order valence-electron chi connectivity index (χ3n) is 1.99. The zero-order valence-corrected chi connectivity index (χ0v) is 10.0. The predicted octanol–water partition coefficient (Wildman–Crippen LogP) is 0.911. The van der Waals surface area contributed by atoms with E-state index in [2.05, 4.69) is 10.6 Å². The first-order valence-electron chi connectivity index (χ1n) is 5.08. The van der Waals surface area contributed by atoms with E-state index in [0.717, 1.165) is 0 Å². The van der Waals surface area contributed by atoms with Crippen LogP contribution in [0.3, 0.4) is 0 Å². The van der Waals surface area contributed by atoms with Crippen molar-refractivity contribution in [3.8, 4) is 5.75 Å². The highest BCUT2D eigenvalue weighted by Crippen LogP contribution is 2.21. The van der Waals surface area contributed by atoms with Gasteiger partial charge in [0.25, 0.3) is 5.91 Å². The van der Waals surface area contributed by atoms with Gasteiger partial charge in [0.1, 0.15) is 5.75 Å². The summed E-state index contributed by atoms with van der Waals surface area (Å²) in [6.07, 6.45) is 0. The lowest BCUT2D eigenvalue weighted by Crippen LogP contribution is -2.36. The van der Waals surface area contributed by atoms with Gasteiger partial charge < -0.3 is 15.7 Å². The summed E-state index contributed by atoms with van der Waals surface area (Å²) in [4.78, 5) is 22.7. The van der Waals surface area contributed by atoms with Crippen molar-refractivity contribution in [2.24, 2.45) is 0 Å². The van der Waals surface area contributed by atoms with Gasteiger partial charge in [0.15, 0.2) is 0 Å². The molecule has 1 rings (SSSR count). The summed E-state index contributed by atoms with van der Waals surface area (Å²) in [6, 6.07) is 4.15. The van der Waals surface area contributed by atoms with Crippen molar-refractivity contribution in [2.75, 3.05) is 13.1 Å². The van der Waals surface area contributed by atoms with Crippen LogP contribution in [0.4, 0.5) is 0 Å². The first-order valence-corrected chi connectivity index (χ1v) is 5.45. The molecule has 0 spiro atoms. The third kappa shape index (κ3) is 3.96. The first-order chi connectivity index (χ1) is 8.04. The molecule has 0 atom stereocenters. The molecule has 6 heteroatoms. The van der Waals surface area contributed by atoms with Gasteiger partial charge in [0.2, 0.25) is 5.91 Å². The Morgan fingerprint density at radius 3 is 2.65 bits per heavy atom. The Labute approximate surface area is 104 Å². The number of halogens is 1. The number of aromatic hydroxyl groups is 1. The fourth-order valence-electron chi connectivity index (χ4n) is 1.21.